The van der Waals surface area contributed by atoms with Gasteiger partial charge >= 0.3 is 0 Å². The van der Waals surface area contributed by atoms with Gasteiger partial charge in [0.05, 0.1) is 0 Å². The van der Waals surface area contributed by atoms with Crippen molar-refractivity contribution in [2.24, 2.45) is 0 Å². The Morgan fingerprint density at radius 2 is 0.510 bits per heavy atom. The number of ether oxygens (including phenoxy) is 1. The molecule has 0 saturated carbocycles. The molecule has 0 bridgehead atoms. The lowest BCUT2D eigenvalue weighted by atomic mass is 9.30. The standard InChI is InChI=1S/C96H79B2N3O/c1-56-22-16-23-57(2)89(56)68-36-42-75(43-37-68)99-81-46-40-70(91-60(5)26-18-27-61(91)6)48-77(81)97-79-54-80-87(55-83(79)101(74-34-14-13-15-35-74)85-51-72(50-84(99)95(85)97)93-64(9)30-20-31-65(93)10)102-88-53-73(94-66(11)32-21-33-67(94)12)52-86-96(88)98(80)78-49-71(92-62(7)28-19-29-63(92)8)41-47-82(78)100(86)76-44-38-69(39-45-76)90-58(3)24-17-25-59(90)4/h13-55H,1-12H3. The molecule has 4 nitrogen and oxygen atoms in total. The van der Waals surface area contributed by atoms with E-state index >= 15 is 0 Å². The summed E-state index contributed by atoms with van der Waals surface area (Å²) >= 11 is 0. The van der Waals surface area contributed by atoms with E-state index in [9.17, 15) is 0 Å². The molecule has 6 heteroatoms. The van der Waals surface area contributed by atoms with Crippen LogP contribution in [0.5, 0.6) is 11.5 Å². The maximum absolute atomic E-state index is 7.93. The molecule has 0 spiro atoms. The van der Waals surface area contributed by atoms with Crippen LogP contribution < -0.4 is 52.2 Å². The lowest BCUT2D eigenvalue weighted by Gasteiger charge is -2.46. The van der Waals surface area contributed by atoms with E-state index in [1.54, 1.807) is 0 Å². The lowest BCUT2D eigenvalue weighted by molar-refractivity contribution is 0.488. The van der Waals surface area contributed by atoms with Gasteiger partial charge in [-0.15, -0.1) is 0 Å². The van der Waals surface area contributed by atoms with Gasteiger partial charge in [0, 0.05) is 57.3 Å². The highest BCUT2D eigenvalue weighted by molar-refractivity contribution is 7.02. The number of nitrogens with zero attached hydrogens (tertiary/aromatic N) is 3. The van der Waals surface area contributed by atoms with Crippen LogP contribution in [-0.4, -0.2) is 13.4 Å². The zero-order valence-electron chi connectivity index (χ0n) is 60.2. The third kappa shape index (κ3) is 9.81. The molecule has 0 fully saturated rings. The van der Waals surface area contributed by atoms with E-state index < -0.39 is 0 Å². The number of hydrogen-bond acceptors (Lipinski definition) is 4. The van der Waals surface area contributed by atoms with Crippen LogP contribution in [0.25, 0.3) is 66.8 Å². The number of hydrogen-bond donors (Lipinski definition) is 0. The number of para-hydroxylation sites is 1. The first-order valence-corrected chi connectivity index (χ1v) is 36.1. The highest BCUT2D eigenvalue weighted by Crippen LogP contribution is 2.51. The van der Waals surface area contributed by atoms with E-state index in [0.29, 0.717) is 0 Å². The largest absolute Gasteiger partial charge is 0.458 e. The molecule has 0 unspecified atom stereocenters. The van der Waals surface area contributed by atoms with Gasteiger partial charge in [-0.1, -0.05) is 182 Å². The molecule has 0 aliphatic carbocycles. The second-order valence-corrected chi connectivity index (χ2v) is 29.3. The Hall–Kier alpha value is -11.6. The van der Waals surface area contributed by atoms with Crippen LogP contribution in [-0.2, 0) is 0 Å². The fraction of sp³-hybridized carbons (Fsp3) is 0.125. The first kappa shape index (κ1) is 62.6. The van der Waals surface area contributed by atoms with Crippen molar-refractivity contribution in [2.75, 3.05) is 14.7 Å². The number of rotatable bonds is 9. The summed E-state index contributed by atoms with van der Waals surface area (Å²) in [6, 6.07) is 99.5. The van der Waals surface area contributed by atoms with Crippen molar-refractivity contribution in [1.29, 1.82) is 0 Å². The van der Waals surface area contributed by atoms with Gasteiger partial charge in [-0.25, -0.2) is 0 Å². The lowest BCUT2D eigenvalue weighted by Crippen LogP contribution is -2.64. The Bertz CT molecular complexity index is 5730. The predicted octanol–water partition coefficient (Wildman–Crippen LogP) is 21.9. The van der Waals surface area contributed by atoms with Gasteiger partial charge in [0.25, 0.3) is 13.4 Å². The van der Waals surface area contributed by atoms with Crippen molar-refractivity contribution in [3.05, 3.63) is 328 Å². The summed E-state index contributed by atoms with van der Waals surface area (Å²) < 4.78 is 7.93. The minimum atomic E-state index is -0.242. The fourth-order valence-corrected chi connectivity index (χ4v) is 18.4. The van der Waals surface area contributed by atoms with Crippen LogP contribution in [0.1, 0.15) is 66.8 Å². The van der Waals surface area contributed by atoms with Crippen LogP contribution in [0.3, 0.4) is 0 Å². The summed E-state index contributed by atoms with van der Waals surface area (Å²) in [7, 11) is 0. The highest BCUT2D eigenvalue weighted by atomic mass is 16.5. The van der Waals surface area contributed by atoms with Crippen LogP contribution in [0.4, 0.5) is 51.2 Å². The normalized spacial score (nSPS) is 12.9. The summed E-state index contributed by atoms with van der Waals surface area (Å²) in [6.07, 6.45) is 0. The fourth-order valence-electron chi connectivity index (χ4n) is 18.4. The van der Waals surface area contributed by atoms with Crippen LogP contribution in [0, 0.1) is 83.1 Å². The van der Waals surface area contributed by atoms with Gasteiger partial charge in [0.1, 0.15) is 11.5 Å². The molecular formula is C96H79B2N3O. The van der Waals surface area contributed by atoms with E-state index in [-0.39, 0.29) is 13.4 Å². The first-order chi connectivity index (χ1) is 49.6. The van der Waals surface area contributed by atoms with Crippen LogP contribution >= 0.6 is 0 Å². The number of anilines is 9. The zero-order chi connectivity index (χ0) is 69.7. The van der Waals surface area contributed by atoms with Gasteiger partial charge in [0.2, 0.25) is 0 Å². The summed E-state index contributed by atoms with van der Waals surface area (Å²) in [5.41, 5.74) is 47.1. The Labute approximate surface area is 602 Å². The molecule has 0 radical (unpaired) electrons. The summed E-state index contributed by atoms with van der Waals surface area (Å²) in [6.45, 7) is 26.5. The average molecular weight is 1310 g/mol. The monoisotopic (exact) mass is 1310 g/mol. The topological polar surface area (TPSA) is 19.0 Å². The second kappa shape index (κ2) is 24.1. The van der Waals surface area contributed by atoms with Crippen molar-refractivity contribution < 1.29 is 4.74 Å². The third-order valence-electron chi connectivity index (χ3n) is 22.8. The summed E-state index contributed by atoms with van der Waals surface area (Å²) in [4.78, 5) is 7.70. The molecule has 0 N–H and O–H groups in total. The molecule has 0 aromatic heterocycles. The Kier molecular flexibility index (Phi) is 14.8. The maximum atomic E-state index is 7.93. The van der Waals surface area contributed by atoms with Crippen molar-refractivity contribution in [3.8, 4) is 78.3 Å². The molecule has 0 atom stereocenters. The van der Waals surface area contributed by atoms with Gasteiger partial charge < -0.3 is 19.4 Å². The highest BCUT2D eigenvalue weighted by Gasteiger charge is 2.48. The van der Waals surface area contributed by atoms with E-state index in [4.69, 9.17) is 4.74 Å². The zero-order valence-corrected chi connectivity index (χ0v) is 60.2. The van der Waals surface area contributed by atoms with Gasteiger partial charge in [-0.05, 0) is 322 Å². The Morgan fingerprint density at radius 1 is 0.206 bits per heavy atom. The van der Waals surface area contributed by atoms with Crippen molar-refractivity contribution in [2.45, 2.75) is 83.1 Å². The molecule has 102 heavy (non-hydrogen) atoms. The van der Waals surface area contributed by atoms with E-state index in [0.717, 1.165) is 79.2 Å². The van der Waals surface area contributed by atoms with Crippen LogP contribution in [0.2, 0.25) is 0 Å². The predicted molar refractivity (Wildman–Crippen MR) is 436 cm³/mol. The smallest absolute Gasteiger partial charge is 0.256 e. The van der Waals surface area contributed by atoms with Gasteiger partial charge in [-0.3, -0.25) is 0 Å². The van der Waals surface area contributed by atoms with Crippen molar-refractivity contribution in [3.63, 3.8) is 0 Å². The van der Waals surface area contributed by atoms with Crippen LogP contribution in [0.15, 0.2) is 261 Å². The molecular weight excluding hydrogens is 1230 g/mol. The van der Waals surface area contributed by atoms with Gasteiger partial charge in [0.15, 0.2) is 0 Å². The molecule has 4 aliphatic heterocycles. The minimum absolute atomic E-state index is 0.227. The first-order valence-electron chi connectivity index (χ1n) is 36.1. The van der Waals surface area contributed by atoms with Crippen molar-refractivity contribution >= 4 is 97.4 Å². The quantitative estimate of drug-likeness (QED) is 0.134. The number of fused-ring (bicyclic) bond motifs is 8. The van der Waals surface area contributed by atoms with Gasteiger partial charge in [-0.2, -0.15) is 0 Å². The molecule has 14 aromatic carbocycles. The third-order valence-corrected chi connectivity index (χ3v) is 22.8. The van der Waals surface area contributed by atoms with Crippen molar-refractivity contribution in [1.82, 2.24) is 0 Å². The SMILES string of the molecule is Cc1cccc(C)c1-c1ccc(N2c3ccc(-c4c(C)cccc4C)cc3B3c4cc5c(cc4Oc4cc(-c6c(C)cccc6C)cc2c43)N(c2ccccc2)c2cc(-c3c(C)cccc3C)cc3c2B5c2cc(-c4c(C)cccc4C)ccc2N3c2ccc(-c3c(C)cccc3C)cc2)cc1. The second-order valence-electron chi connectivity index (χ2n) is 29.3. The maximum Gasteiger partial charge on any atom is 0.256 e. The molecule has 14 aromatic rings. The van der Waals surface area contributed by atoms with E-state index in [2.05, 4.69) is 359 Å². The molecule has 4 heterocycles. The Balaban J connectivity index is 0.940. The molecule has 490 valence electrons. The molecule has 4 aliphatic rings. The number of aryl methyl sites for hydroxylation is 12. The summed E-state index contributed by atoms with van der Waals surface area (Å²) in [5, 5.41) is 0. The summed E-state index contributed by atoms with van der Waals surface area (Å²) in [5.74, 6) is 1.72. The molecule has 0 saturated heterocycles. The van der Waals surface area contributed by atoms with E-state index in [1.807, 2.05) is 0 Å². The van der Waals surface area contributed by atoms with E-state index in [1.165, 1.54) is 150 Å². The molecule has 18 rings (SSSR count). The Morgan fingerprint density at radius 3 is 0.902 bits per heavy atom. The minimum Gasteiger partial charge on any atom is -0.458 e. The number of benzene rings is 14. The molecule has 0 amide bonds. The average Bonchev–Trinajstić information content (AvgIpc) is 0.688.